The number of fused-ring (bicyclic) bond motifs is 1. The molecular weight excluding hydrogens is 362 g/mol. The van der Waals surface area contributed by atoms with Gasteiger partial charge in [0.25, 0.3) is 0 Å². The molecule has 3 rings (SSSR count). The van der Waals surface area contributed by atoms with Gasteiger partial charge in [0.2, 0.25) is 11.9 Å². The van der Waals surface area contributed by atoms with E-state index < -0.39 is 44.3 Å². The van der Waals surface area contributed by atoms with Crippen molar-refractivity contribution in [1.29, 1.82) is 0 Å². The van der Waals surface area contributed by atoms with Crippen molar-refractivity contribution < 1.29 is 31.3 Å². The Balaban J connectivity index is 2.11. The molecule has 0 saturated carbocycles. The third-order valence-electron chi connectivity index (χ3n) is 4.06. The largest absolute Gasteiger partial charge is 0.493 e. The number of benzene rings is 1. The molecule has 1 aliphatic heterocycles. The molecule has 1 fully saturated rings. The summed E-state index contributed by atoms with van der Waals surface area (Å²) in [5.41, 5.74) is 6.04. The predicted molar refractivity (Wildman–Crippen MR) is 107 cm³/mol. The average Bonchev–Trinajstić information content (AvgIpc) is 3.32. The molecule has 0 spiro atoms. The number of nitrogens with two attached hydrogens (primary N) is 1. The lowest BCUT2D eigenvalue weighted by Gasteiger charge is -2.19. The van der Waals surface area contributed by atoms with Crippen molar-refractivity contribution in [3.8, 4) is 11.5 Å². The highest BCUT2D eigenvalue weighted by atomic mass is 16.5. The van der Waals surface area contributed by atoms with Crippen molar-refractivity contribution in [3.63, 3.8) is 0 Å². The zero-order valence-electron chi connectivity index (χ0n) is 24.4. The number of rotatable bonds is 8. The maximum atomic E-state index is 12.4. The minimum Gasteiger partial charge on any atom is -0.493 e. The van der Waals surface area contributed by atoms with Crippen LogP contribution < -0.4 is 25.4 Å². The Morgan fingerprint density at radius 1 is 1.43 bits per heavy atom. The van der Waals surface area contributed by atoms with Crippen molar-refractivity contribution in [2.75, 3.05) is 51.4 Å². The van der Waals surface area contributed by atoms with E-state index in [9.17, 15) is 4.79 Å². The Hall–Kier alpha value is -2.81. The van der Waals surface area contributed by atoms with E-state index in [4.69, 9.17) is 32.3 Å². The highest BCUT2D eigenvalue weighted by molar-refractivity contribution is 5.91. The highest BCUT2D eigenvalue weighted by Crippen LogP contribution is 2.33. The first-order valence-corrected chi connectivity index (χ1v) is 8.41. The van der Waals surface area contributed by atoms with Crippen molar-refractivity contribution >= 4 is 28.6 Å². The van der Waals surface area contributed by atoms with Crippen LogP contribution >= 0.6 is 0 Å². The molecule has 0 bridgehead atoms. The lowest BCUT2D eigenvalue weighted by molar-refractivity contribution is -0.130. The number of carbonyl (C=O) groups is 1. The number of amides is 1. The van der Waals surface area contributed by atoms with Crippen LogP contribution in [0.4, 0.5) is 11.8 Å². The third kappa shape index (κ3) is 4.36. The molecule has 0 radical (unpaired) electrons. The summed E-state index contributed by atoms with van der Waals surface area (Å²) in [5, 5.41) is 2.04. The maximum absolute atomic E-state index is 12.4. The second kappa shape index (κ2) is 8.92. The molecule has 2 heterocycles. The van der Waals surface area contributed by atoms with E-state index in [1.807, 2.05) is 5.32 Å². The monoisotopic (exact) mass is 398 g/mol. The number of carbonyl (C=O) groups excluding carboxylic acids is 1. The van der Waals surface area contributed by atoms with E-state index >= 15 is 0 Å². The zero-order chi connectivity index (χ0) is 28.0. The zero-order valence-corrected chi connectivity index (χ0v) is 15.4. The Labute approximate surface area is 176 Å². The first-order valence-electron chi connectivity index (χ1n) is 12.9. The van der Waals surface area contributed by atoms with Crippen LogP contribution in [0.3, 0.4) is 0 Å². The van der Waals surface area contributed by atoms with Crippen molar-refractivity contribution in [3.05, 3.63) is 12.1 Å². The van der Waals surface area contributed by atoms with Crippen molar-refractivity contribution in [2.45, 2.75) is 25.3 Å². The number of anilines is 2. The van der Waals surface area contributed by atoms with Gasteiger partial charge in [-0.2, -0.15) is 4.98 Å². The van der Waals surface area contributed by atoms with Gasteiger partial charge >= 0.3 is 0 Å². The lowest BCUT2D eigenvalue weighted by atomic mass is 10.2. The third-order valence-corrected chi connectivity index (χ3v) is 4.06. The molecule has 2 aromatic rings. The molecule has 9 nitrogen and oxygen atoms in total. The van der Waals surface area contributed by atoms with Gasteiger partial charge in [-0.1, -0.05) is 0 Å². The summed E-state index contributed by atoms with van der Waals surface area (Å²) in [5.74, 6) is -1.64. The summed E-state index contributed by atoms with van der Waals surface area (Å²) in [7, 11) is 2.73. The SMILES string of the molecule is [2H]C([2H])([2H])N(c1nc(N)c2cc(OC)c(OC)cc2n1)C([2H])([2H])C([2H])([2H])C([2H])([2H])NC(=O)C1CCCO1. The lowest BCUT2D eigenvalue weighted by Crippen LogP contribution is -2.36. The topological polar surface area (TPSA) is 112 Å². The fraction of sp³-hybridized carbons (Fsp3) is 0.526. The Morgan fingerprint density at radius 3 is 2.89 bits per heavy atom. The van der Waals surface area contributed by atoms with Gasteiger partial charge in [0.15, 0.2) is 11.5 Å². The Morgan fingerprint density at radius 2 is 2.21 bits per heavy atom. The number of aromatic nitrogens is 2. The molecule has 1 aromatic heterocycles. The normalized spacial score (nSPS) is 22.9. The first-order chi connectivity index (χ1) is 17.0. The molecule has 9 heteroatoms. The number of hydrogen-bond acceptors (Lipinski definition) is 8. The summed E-state index contributed by atoms with van der Waals surface area (Å²) in [4.78, 5) is 20.3. The number of hydrogen-bond donors (Lipinski definition) is 2. The van der Waals surface area contributed by atoms with Gasteiger partial charge in [-0.15, -0.1) is 0 Å². The number of nitrogens with zero attached hydrogens (tertiary/aromatic N) is 3. The van der Waals surface area contributed by atoms with Crippen LogP contribution in [0.1, 0.15) is 31.6 Å². The van der Waals surface area contributed by atoms with Gasteiger partial charge in [-0.25, -0.2) is 4.98 Å². The summed E-state index contributed by atoms with van der Waals surface area (Å²) < 4.78 is 89.3. The number of ether oxygens (including phenoxy) is 3. The minimum atomic E-state index is -3.66. The van der Waals surface area contributed by atoms with Crippen LogP contribution in [0.15, 0.2) is 12.1 Å². The molecular formula is C19H27N5O4. The summed E-state index contributed by atoms with van der Waals surface area (Å²) in [6.45, 7) is -10.2. The van der Waals surface area contributed by atoms with Gasteiger partial charge in [0, 0.05) is 50.4 Å². The molecule has 1 unspecified atom stereocenters. The van der Waals surface area contributed by atoms with Crippen LogP contribution in [-0.4, -0.2) is 62.8 Å². The summed E-state index contributed by atoms with van der Waals surface area (Å²) in [6.07, 6.45) is -3.88. The van der Waals surface area contributed by atoms with Gasteiger partial charge < -0.3 is 30.2 Å². The minimum absolute atomic E-state index is 0.0282. The molecule has 1 aromatic carbocycles. The van der Waals surface area contributed by atoms with Gasteiger partial charge in [0.05, 0.1) is 19.7 Å². The van der Waals surface area contributed by atoms with Gasteiger partial charge in [-0.05, 0) is 25.3 Å². The van der Waals surface area contributed by atoms with E-state index in [2.05, 4.69) is 9.97 Å². The van der Waals surface area contributed by atoms with Crippen LogP contribution in [0, 0.1) is 0 Å². The quantitative estimate of drug-likeness (QED) is 0.685. The first kappa shape index (κ1) is 11.3. The maximum Gasteiger partial charge on any atom is 0.249 e. The van der Waals surface area contributed by atoms with Crippen LogP contribution in [0.2, 0.25) is 0 Å². The standard InChI is InChI=1S/C19H27N5O4/c1-24(8-5-7-21-18(25)14-6-4-9-28-14)19-22-13-11-16(27-3)15(26-2)10-12(13)17(20)23-19/h10-11,14H,4-9H2,1-3H3,(H,21,25)(H2,20,22,23)/i1D3,5D2,7D2,8D2. The molecule has 1 aliphatic rings. The number of nitrogen functional groups attached to an aromatic ring is 1. The van der Waals surface area contributed by atoms with Crippen molar-refractivity contribution in [2.24, 2.45) is 0 Å². The van der Waals surface area contributed by atoms with Crippen LogP contribution in [0.5, 0.6) is 11.5 Å². The number of methoxy groups -OCH3 is 2. The predicted octanol–water partition coefficient (Wildman–Crippen LogP) is 1.35. The number of nitrogens with one attached hydrogen (secondary N) is 1. The van der Waals surface area contributed by atoms with Crippen LogP contribution in [-0.2, 0) is 9.53 Å². The Bertz CT molecular complexity index is 1170. The second-order valence-corrected chi connectivity index (χ2v) is 5.82. The van der Waals surface area contributed by atoms with E-state index in [1.165, 1.54) is 26.4 Å². The summed E-state index contributed by atoms with van der Waals surface area (Å²) >= 11 is 0. The van der Waals surface area contributed by atoms with Crippen molar-refractivity contribution in [1.82, 2.24) is 15.3 Å². The molecule has 1 saturated heterocycles. The van der Waals surface area contributed by atoms with Crippen LogP contribution in [0.25, 0.3) is 10.9 Å². The van der Waals surface area contributed by atoms with Gasteiger partial charge in [-0.3, -0.25) is 4.79 Å². The molecule has 28 heavy (non-hydrogen) atoms. The molecule has 1 atom stereocenters. The second-order valence-electron chi connectivity index (χ2n) is 5.82. The molecule has 0 aliphatic carbocycles. The highest BCUT2D eigenvalue weighted by Gasteiger charge is 2.22. The molecule has 3 N–H and O–H groups in total. The average molecular weight is 399 g/mol. The van der Waals surface area contributed by atoms with E-state index in [-0.39, 0.29) is 46.1 Å². The molecule has 152 valence electrons. The smallest absolute Gasteiger partial charge is 0.249 e. The fourth-order valence-corrected chi connectivity index (χ4v) is 2.66. The van der Waals surface area contributed by atoms with E-state index in [0.29, 0.717) is 6.42 Å². The summed E-state index contributed by atoms with van der Waals surface area (Å²) in [6, 6.07) is 2.78. The van der Waals surface area contributed by atoms with E-state index in [1.54, 1.807) is 0 Å². The van der Waals surface area contributed by atoms with E-state index in [0.717, 1.165) is 0 Å². The Kier molecular flexibility index (Phi) is 3.59. The van der Waals surface area contributed by atoms with Gasteiger partial charge in [0.1, 0.15) is 11.9 Å². The fourth-order valence-electron chi connectivity index (χ4n) is 2.66. The molecule has 1 amide bonds.